The molecule has 2 aliphatic heterocycles. The van der Waals surface area contributed by atoms with Gasteiger partial charge in [-0.15, -0.1) is 0 Å². The number of halogens is 1. The van der Waals surface area contributed by atoms with E-state index in [9.17, 15) is 14.3 Å². The van der Waals surface area contributed by atoms with E-state index in [0.717, 1.165) is 45.6 Å². The Hall–Kier alpha value is -2.68. The van der Waals surface area contributed by atoms with E-state index in [4.69, 9.17) is 9.47 Å². The Kier molecular flexibility index (Phi) is 7.24. The third-order valence-electron chi connectivity index (χ3n) is 6.09. The molecule has 1 amide bonds. The number of hydrogen-bond donors (Lipinski definition) is 2. The van der Waals surface area contributed by atoms with Gasteiger partial charge in [0.05, 0.1) is 0 Å². The van der Waals surface area contributed by atoms with E-state index in [0.29, 0.717) is 30.2 Å². The highest BCUT2D eigenvalue weighted by Crippen LogP contribution is 2.36. The maximum Gasteiger partial charge on any atom is 0.251 e. The summed E-state index contributed by atoms with van der Waals surface area (Å²) in [6, 6.07) is 13.1. The van der Waals surface area contributed by atoms with Crippen molar-refractivity contribution in [2.45, 2.75) is 18.6 Å². The van der Waals surface area contributed by atoms with Gasteiger partial charge in [0.1, 0.15) is 19.0 Å². The summed E-state index contributed by atoms with van der Waals surface area (Å²) in [7, 11) is 0. The van der Waals surface area contributed by atoms with Crippen LogP contribution in [0.25, 0.3) is 0 Å². The average molecular weight is 444 g/mol. The second-order valence-corrected chi connectivity index (χ2v) is 8.24. The summed E-state index contributed by atoms with van der Waals surface area (Å²) >= 11 is 0. The Morgan fingerprint density at radius 3 is 2.47 bits per heavy atom. The summed E-state index contributed by atoms with van der Waals surface area (Å²) in [4.78, 5) is 16.6. The fourth-order valence-electron chi connectivity index (χ4n) is 4.16. The van der Waals surface area contributed by atoms with Crippen LogP contribution in [0.4, 0.5) is 4.39 Å². The van der Waals surface area contributed by atoms with Gasteiger partial charge in [-0.25, -0.2) is 4.39 Å². The van der Waals surface area contributed by atoms with Gasteiger partial charge in [0, 0.05) is 38.3 Å². The zero-order chi connectivity index (χ0) is 22.4. The van der Waals surface area contributed by atoms with Crippen LogP contribution in [0.1, 0.15) is 23.2 Å². The van der Waals surface area contributed by atoms with Crippen molar-refractivity contribution in [3.8, 4) is 11.5 Å². The predicted molar refractivity (Wildman–Crippen MR) is 118 cm³/mol. The number of ether oxygens (including phenoxy) is 2. The van der Waals surface area contributed by atoms with Crippen molar-refractivity contribution in [3.05, 3.63) is 59.9 Å². The number of piperazine rings is 1. The lowest BCUT2D eigenvalue weighted by Crippen LogP contribution is -2.65. The second-order valence-electron chi connectivity index (χ2n) is 8.24. The SMILES string of the molecule is O=C(NCCCCN1CCN(C2(CO)COc3ccccc3O2)CC1)c1ccc(F)cc1. The molecule has 2 N–H and O–H groups in total. The fraction of sp³-hybridized carbons (Fsp3) is 0.458. The van der Waals surface area contributed by atoms with Crippen molar-refractivity contribution < 1.29 is 23.8 Å². The summed E-state index contributed by atoms with van der Waals surface area (Å²) in [5.74, 6) is 0.850. The van der Waals surface area contributed by atoms with Crippen molar-refractivity contribution in [2.75, 3.05) is 52.5 Å². The van der Waals surface area contributed by atoms with E-state index < -0.39 is 5.72 Å². The largest absolute Gasteiger partial charge is 0.484 e. The number of benzene rings is 2. The molecule has 0 bridgehead atoms. The Morgan fingerprint density at radius 2 is 1.75 bits per heavy atom. The van der Waals surface area contributed by atoms with Crippen LogP contribution in [0.2, 0.25) is 0 Å². The topological polar surface area (TPSA) is 74.3 Å². The third kappa shape index (κ3) is 5.20. The van der Waals surface area contributed by atoms with Crippen LogP contribution in [-0.4, -0.2) is 79.0 Å². The van der Waals surface area contributed by atoms with Crippen molar-refractivity contribution in [1.82, 2.24) is 15.1 Å². The van der Waals surface area contributed by atoms with Gasteiger partial charge in [0.25, 0.3) is 5.91 Å². The fourth-order valence-corrected chi connectivity index (χ4v) is 4.16. The maximum atomic E-state index is 12.9. The molecule has 7 nitrogen and oxygen atoms in total. The molecular weight excluding hydrogens is 413 g/mol. The number of para-hydroxylation sites is 2. The number of carbonyl (C=O) groups excluding carboxylic acids is 1. The molecule has 1 fully saturated rings. The summed E-state index contributed by atoms with van der Waals surface area (Å²) in [6.45, 7) is 5.05. The van der Waals surface area contributed by atoms with Crippen molar-refractivity contribution in [1.29, 1.82) is 0 Å². The molecule has 0 aliphatic carbocycles. The Morgan fingerprint density at radius 1 is 1.03 bits per heavy atom. The maximum absolute atomic E-state index is 12.9. The van der Waals surface area contributed by atoms with Gasteiger partial charge in [0.2, 0.25) is 5.72 Å². The predicted octanol–water partition coefficient (Wildman–Crippen LogP) is 2.11. The molecule has 0 aromatic heterocycles. The molecule has 0 spiro atoms. The van der Waals surface area contributed by atoms with E-state index in [2.05, 4.69) is 15.1 Å². The molecule has 8 heteroatoms. The van der Waals surface area contributed by atoms with Gasteiger partial charge in [0.15, 0.2) is 11.5 Å². The first-order chi connectivity index (χ1) is 15.6. The second kappa shape index (κ2) is 10.3. The van der Waals surface area contributed by atoms with Crippen LogP contribution in [0.3, 0.4) is 0 Å². The molecule has 2 aromatic rings. The number of unbranched alkanes of at least 4 members (excludes halogenated alkanes) is 1. The number of carbonyl (C=O) groups is 1. The third-order valence-corrected chi connectivity index (χ3v) is 6.09. The first kappa shape index (κ1) is 22.5. The summed E-state index contributed by atoms with van der Waals surface area (Å²) in [5, 5.41) is 13.0. The number of aliphatic hydroxyl groups excluding tert-OH is 1. The minimum absolute atomic E-state index is 0.130. The molecule has 0 radical (unpaired) electrons. The number of fused-ring (bicyclic) bond motifs is 1. The quantitative estimate of drug-likeness (QED) is 0.609. The first-order valence-corrected chi connectivity index (χ1v) is 11.1. The highest BCUT2D eigenvalue weighted by atomic mass is 19.1. The van der Waals surface area contributed by atoms with Gasteiger partial charge in [-0.3, -0.25) is 9.69 Å². The van der Waals surface area contributed by atoms with Crippen molar-refractivity contribution in [2.24, 2.45) is 0 Å². The molecule has 1 saturated heterocycles. The Bertz CT molecular complexity index is 902. The lowest BCUT2D eigenvalue weighted by Gasteiger charge is -2.47. The molecule has 32 heavy (non-hydrogen) atoms. The zero-order valence-electron chi connectivity index (χ0n) is 18.1. The van der Waals surface area contributed by atoms with Crippen LogP contribution in [0, 0.1) is 5.82 Å². The van der Waals surface area contributed by atoms with E-state index in [-0.39, 0.29) is 18.3 Å². The summed E-state index contributed by atoms with van der Waals surface area (Å²) in [6.07, 6.45) is 1.85. The zero-order valence-corrected chi connectivity index (χ0v) is 18.1. The number of aliphatic hydroxyl groups is 1. The van der Waals surface area contributed by atoms with Gasteiger partial charge < -0.3 is 24.8 Å². The van der Waals surface area contributed by atoms with E-state index in [1.165, 1.54) is 24.3 Å². The Balaban J connectivity index is 1.17. The van der Waals surface area contributed by atoms with Crippen LogP contribution in [0.5, 0.6) is 11.5 Å². The number of nitrogens with one attached hydrogen (secondary N) is 1. The highest BCUT2D eigenvalue weighted by molar-refractivity contribution is 5.94. The summed E-state index contributed by atoms with van der Waals surface area (Å²) in [5.41, 5.74) is -0.373. The Labute approximate surface area is 187 Å². The average Bonchev–Trinajstić information content (AvgIpc) is 2.84. The molecule has 4 rings (SSSR count). The van der Waals surface area contributed by atoms with Crippen molar-refractivity contribution >= 4 is 5.91 Å². The monoisotopic (exact) mass is 443 g/mol. The molecule has 1 unspecified atom stereocenters. The molecule has 1 atom stereocenters. The van der Waals surface area contributed by atoms with Gasteiger partial charge in [-0.05, 0) is 55.8 Å². The van der Waals surface area contributed by atoms with Crippen LogP contribution in [-0.2, 0) is 0 Å². The van der Waals surface area contributed by atoms with E-state index in [1.807, 2.05) is 24.3 Å². The van der Waals surface area contributed by atoms with Crippen molar-refractivity contribution in [3.63, 3.8) is 0 Å². The molecule has 2 aliphatic rings. The molecule has 2 heterocycles. The van der Waals surface area contributed by atoms with Gasteiger partial charge in [-0.1, -0.05) is 12.1 Å². The normalized spacial score (nSPS) is 21.3. The number of hydrogen-bond acceptors (Lipinski definition) is 6. The standard InChI is InChI=1S/C24H30FN3O4/c25-20-9-7-19(8-10-20)23(30)26-11-3-4-12-27-13-15-28(16-14-27)24(17-29)18-31-21-5-1-2-6-22(21)32-24/h1-2,5-10,29H,3-4,11-18H2,(H,26,30). The molecule has 2 aromatic carbocycles. The highest BCUT2D eigenvalue weighted by Gasteiger charge is 2.44. The van der Waals surface area contributed by atoms with Crippen LogP contribution < -0.4 is 14.8 Å². The lowest BCUT2D eigenvalue weighted by molar-refractivity contribution is -0.163. The van der Waals surface area contributed by atoms with Gasteiger partial charge >= 0.3 is 0 Å². The molecule has 0 saturated carbocycles. The van der Waals surface area contributed by atoms with Crippen LogP contribution in [0.15, 0.2) is 48.5 Å². The van der Waals surface area contributed by atoms with Gasteiger partial charge in [-0.2, -0.15) is 0 Å². The molecule has 172 valence electrons. The molecular formula is C24H30FN3O4. The first-order valence-electron chi connectivity index (χ1n) is 11.1. The van der Waals surface area contributed by atoms with E-state index >= 15 is 0 Å². The minimum atomic E-state index is -0.842. The lowest BCUT2D eigenvalue weighted by atomic mass is 10.1. The number of nitrogens with zero attached hydrogens (tertiary/aromatic N) is 2. The van der Waals surface area contributed by atoms with Crippen LogP contribution >= 0.6 is 0 Å². The number of amides is 1. The number of rotatable bonds is 8. The minimum Gasteiger partial charge on any atom is -0.484 e. The summed E-state index contributed by atoms with van der Waals surface area (Å²) < 4.78 is 25.0. The smallest absolute Gasteiger partial charge is 0.251 e. The van der Waals surface area contributed by atoms with E-state index in [1.54, 1.807) is 0 Å².